The number of carbonyl (C=O) groups excluding carboxylic acids is 2. The van der Waals surface area contributed by atoms with Crippen molar-refractivity contribution >= 4 is 11.8 Å². The number of benzene rings is 2. The third-order valence-electron chi connectivity index (χ3n) is 7.81. The van der Waals surface area contributed by atoms with Crippen LogP contribution in [0.3, 0.4) is 0 Å². The van der Waals surface area contributed by atoms with Crippen molar-refractivity contribution in [2.24, 2.45) is 11.3 Å². The second-order valence-electron chi connectivity index (χ2n) is 10.9. The predicted octanol–water partition coefficient (Wildman–Crippen LogP) is 4.80. The normalized spacial score (nSPS) is 18.6. The molecule has 1 atom stereocenters. The average Bonchev–Trinajstić information content (AvgIpc) is 3.18. The van der Waals surface area contributed by atoms with Gasteiger partial charge in [-0.15, -0.1) is 0 Å². The molecule has 2 aliphatic heterocycles. The van der Waals surface area contributed by atoms with Gasteiger partial charge in [0, 0.05) is 26.1 Å². The lowest BCUT2D eigenvalue weighted by Crippen LogP contribution is -2.45. The Kier molecular flexibility index (Phi) is 8.68. The van der Waals surface area contributed by atoms with Crippen LogP contribution in [0.4, 0.5) is 0 Å². The Labute approximate surface area is 216 Å². The molecule has 2 amide bonds. The van der Waals surface area contributed by atoms with E-state index in [0.29, 0.717) is 24.8 Å². The summed E-state index contributed by atoms with van der Waals surface area (Å²) in [6, 6.07) is 18.3. The fourth-order valence-electron chi connectivity index (χ4n) is 5.61. The van der Waals surface area contributed by atoms with Gasteiger partial charge in [-0.25, -0.2) is 0 Å². The maximum absolute atomic E-state index is 13.4. The first kappa shape index (κ1) is 26.2. The van der Waals surface area contributed by atoms with Crippen molar-refractivity contribution < 1.29 is 14.3 Å². The van der Waals surface area contributed by atoms with E-state index in [1.165, 1.54) is 0 Å². The van der Waals surface area contributed by atoms with Crippen LogP contribution in [0, 0.1) is 11.3 Å². The molecule has 0 radical (unpaired) electrons. The van der Waals surface area contributed by atoms with E-state index in [2.05, 4.69) is 36.2 Å². The van der Waals surface area contributed by atoms with Crippen molar-refractivity contribution in [3.8, 4) is 5.75 Å². The molecular formula is C30H41N3O3. The SMILES string of the molecule is COc1ccc(CN2CCC3(CCN(CCC(NC(=O)CC(C)C)c4ccccc4)CC3)C2=O)cc1. The van der Waals surface area contributed by atoms with Crippen LogP contribution >= 0.6 is 0 Å². The summed E-state index contributed by atoms with van der Waals surface area (Å²) in [7, 11) is 1.67. The lowest BCUT2D eigenvalue weighted by molar-refractivity contribution is -0.139. The summed E-state index contributed by atoms with van der Waals surface area (Å²) in [5, 5.41) is 3.26. The van der Waals surface area contributed by atoms with E-state index >= 15 is 0 Å². The molecule has 0 aliphatic carbocycles. The standard InChI is InChI=1S/C30H41N3O3/c1-23(2)21-28(34)31-27(25-7-5-4-6-8-25)13-17-32-18-14-30(15-19-32)16-20-33(29(30)35)22-24-9-11-26(36-3)12-10-24/h4-12,23,27H,13-22H2,1-3H3,(H,31,34). The fourth-order valence-corrected chi connectivity index (χ4v) is 5.61. The molecule has 1 N–H and O–H groups in total. The zero-order valence-corrected chi connectivity index (χ0v) is 22.0. The zero-order valence-electron chi connectivity index (χ0n) is 22.0. The van der Waals surface area contributed by atoms with Crippen LogP contribution in [0.5, 0.6) is 5.75 Å². The molecular weight excluding hydrogens is 450 g/mol. The maximum Gasteiger partial charge on any atom is 0.229 e. The monoisotopic (exact) mass is 491 g/mol. The van der Waals surface area contributed by atoms with Crippen LogP contribution in [-0.4, -0.2) is 54.9 Å². The molecule has 2 aliphatic rings. The van der Waals surface area contributed by atoms with Gasteiger partial charge in [-0.05, 0) is 68.0 Å². The number of methoxy groups -OCH3 is 1. The Morgan fingerprint density at radius 3 is 2.31 bits per heavy atom. The first-order chi connectivity index (χ1) is 17.4. The van der Waals surface area contributed by atoms with Crippen molar-refractivity contribution in [3.63, 3.8) is 0 Å². The number of carbonyl (C=O) groups is 2. The minimum absolute atomic E-state index is 0.0152. The fraction of sp³-hybridized carbons (Fsp3) is 0.533. The molecule has 2 aromatic carbocycles. The molecule has 2 fully saturated rings. The largest absolute Gasteiger partial charge is 0.497 e. The highest BCUT2D eigenvalue weighted by Gasteiger charge is 2.47. The maximum atomic E-state index is 13.4. The highest BCUT2D eigenvalue weighted by molar-refractivity contribution is 5.85. The van der Waals surface area contributed by atoms with Gasteiger partial charge in [-0.1, -0.05) is 56.3 Å². The summed E-state index contributed by atoms with van der Waals surface area (Å²) in [6.07, 6.45) is 4.21. The summed E-state index contributed by atoms with van der Waals surface area (Å²) >= 11 is 0. The molecule has 36 heavy (non-hydrogen) atoms. The van der Waals surface area contributed by atoms with Gasteiger partial charge < -0.3 is 19.9 Å². The van der Waals surface area contributed by atoms with Crippen molar-refractivity contribution in [1.82, 2.24) is 15.1 Å². The van der Waals surface area contributed by atoms with Gasteiger partial charge in [0.25, 0.3) is 0 Å². The number of nitrogens with zero attached hydrogens (tertiary/aromatic N) is 2. The zero-order chi connectivity index (χ0) is 25.5. The number of piperidine rings is 1. The molecule has 6 heteroatoms. The Balaban J connectivity index is 1.29. The van der Waals surface area contributed by atoms with Crippen molar-refractivity contribution in [3.05, 3.63) is 65.7 Å². The van der Waals surface area contributed by atoms with Crippen LogP contribution in [-0.2, 0) is 16.1 Å². The summed E-state index contributed by atoms with van der Waals surface area (Å²) in [5.74, 6) is 1.61. The van der Waals surface area contributed by atoms with Crippen molar-refractivity contribution in [2.45, 2.75) is 58.5 Å². The molecule has 194 valence electrons. The van der Waals surface area contributed by atoms with Crippen LogP contribution in [0.15, 0.2) is 54.6 Å². The molecule has 4 rings (SSSR count). The summed E-state index contributed by atoms with van der Waals surface area (Å²) in [6.45, 7) is 8.44. The molecule has 0 bridgehead atoms. The third kappa shape index (κ3) is 6.47. The topological polar surface area (TPSA) is 61.9 Å². The van der Waals surface area contributed by atoms with E-state index in [1.807, 2.05) is 47.4 Å². The Morgan fingerprint density at radius 2 is 1.67 bits per heavy atom. The Morgan fingerprint density at radius 1 is 1.00 bits per heavy atom. The lowest BCUT2D eigenvalue weighted by Gasteiger charge is -2.38. The second kappa shape index (κ2) is 11.9. The highest BCUT2D eigenvalue weighted by Crippen LogP contribution is 2.42. The number of ether oxygens (including phenoxy) is 1. The van der Waals surface area contributed by atoms with Gasteiger partial charge >= 0.3 is 0 Å². The van der Waals surface area contributed by atoms with Crippen LogP contribution in [0.1, 0.15) is 63.1 Å². The number of amides is 2. The smallest absolute Gasteiger partial charge is 0.229 e. The molecule has 1 unspecified atom stereocenters. The quantitative estimate of drug-likeness (QED) is 0.519. The van der Waals surface area contributed by atoms with E-state index in [-0.39, 0.29) is 17.4 Å². The Hall–Kier alpha value is -2.86. The van der Waals surface area contributed by atoms with E-state index < -0.39 is 0 Å². The second-order valence-corrected chi connectivity index (χ2v) is 10.9. The number of nitrogens with one attached hydrogen (secondary N) is 1. The van der Waals surface area contributed by atoms with E-state index in [0.717, 1.165) is 68.7 Å². The third-order valence-corrected chi connectivity index (χ3v) is 7.81. The minimum Gasteiger partial charge on any atom is -0.497 e. The first-order valence-corrected chi connectivity index (χ1v) is 13.4. The van der Waals surface area contributed by atoms with Crippen LogP contribution in [0.2, 0.25) is 0 Å². The average molecular weight is 492 g/mol. The molecule has 6 nitrogen and oxygen atoms in total. The number of hydrogen-bond donors (Lipinski definition) is 1. The van der Waals surface area contributed by atoms with E-state index in [9.17, 15) is 9.59 Å². The van der Waals surface area contributed by atoms with Gasteiger partial charge in [0.05, 0.1) is 18.6 Å². The van der Waals surface area contributed by atoms with Gasteiger partial charge in [-0.2, -0.15) is 0 Å². The molecule has 2 saturated heterocycles. The molecule has 0 saturated carbocycles. The lowest BCUT2D eigenvalue weighted by atomic mass is 9.77. The summed E-state index contributed by atoms with van der Waals surface area (Å²) in [4.78, 5) is 30.4. The molecule has 2 heterocycles. The Bertz CT molecular complexity index is 998. The summed E-state index contributed by atoms with van der Waals surface area (Å²) in [5.41, 5.74) is 2.10. The van der Waals surface area contributed by atoms with Gasteiger partial charge in [0.1, 0.15) is 5.75 Å². The number of hydrogen-bond acceptors (Lipinski definition) is 4. The van der Waals surface area contributed by atoms with Gasteiger partial charge in [0.2, 0.25) is 11.8 Å². The van der Waals surface area contributed by atoms with E-state index in [4.69, 9.17) is 4.74 Å². The van der Waals surface area contributed by atoms with Crippen LogP contribution < -0.4 is 10.1 Å². The first-order valence-electron chi connectivity index (χ1n) is 13.4. The number of rotatable bonds is 10. The van der Waals surface area contributed by atoms with E-state index in [1.54, 1.807) is 7.11 Å². The molecule has 1 spiro atoms. The van der Waals surface area contributed by atoms with Crippen molar-refractivity contribution in [2.75, 3.05) is 33.3 Å². The predicted molar refractivity (Wildman–Crippen MR) is 143 cm³/mol. The highest BCUT2D eigenvalue weighted by atomic mass is 16.5. The minimum atomic E-state index is -0.201. The van der Waals surface area contributed by atoms with Crippen molar-refractivity contribution in [1.29, 1.82) is 0 Å². The van der Waals surface area contributed by atoms with Gasteiger partial charge in [0.15, 0.2) is 0 Å². The molecule has 0 aromatic heterocycles. The van der Waals surface area contributed by atoms with Crippen LogP contribution in [0.25, 0.3) is 0 Å². The van der Waals surface area contributed by atoms with Gasteiger partial charge in [-0.3, -0.25) is 9.59 Å². The number of likely N-dealkylation sites (tertiary alicyclic amines) is 2. The molecule has 2 aromatic rings. The summed E-state index contributed by atoms with van der Waals surface area (Å²) < 4.78 is 5.25.